The SMILES string of the molecule is CC(C)(O)c1cnnn1[C@H]1C[C@@H](C(=O)NC2(C(=O)C(N)=O)CC[S+]([O-])C2)N(C(=O)[C@@H](CC2CCCCC2)NC(=O)c2ccc3ccccc3c2)C1. The van der Waals surface area contributed by atoms with Gasteiger partial charge in [-0.05, 0) is 49.1 Å². The van der Waals surface area contributed by atoms with E-state index in [0.29, 0.717) is 17.7 Å². The zero-order valence-corrected chi connectivity index (χ0v) is 29.7. The molecule has 5 atom stereocenters. The summed E-state index contributed by atoms with van der Waals surface area (Å²) in [5.41, 5.74) is 3.01. The number of aliphatic hydroxyl groups is 1. The van der Waals surface area contributed by atoms with Gasteiger partial charge in [0.1, 0.15) is 29.2 Å². The molecule has 5 N–H and O–H groups in total. The van der Waals surface area contributed by atoms with Crippen LogP contribution in [0.2, 0.25) is 0 Å². The summed E-state index contributed by atoms with van der Waals surface area (Å²) >= 11 is -1.48. The number of benzene rings is 2. The smallest absolute Gasteiger partial charge is 0.287 e. The molecule has 6 rings (SSSR count). The third-order valence-electron chi connectivity index (χ3n) is 10.5. The van der Waals surface area contributed by atoms with Crippen LogP contribution in [-0.2, 0) is 36.0 Å². The van der Waals surface area contributed by atoms with E-state index >= 15 is 0 Å². The number of rotatable bonds is 11. The Bertz CT molecular complexity index is 1820. The highest BCUT2D eigenvalue weighted by Crippen LogP contribution is 2.34. The van der Waals surface area contributed by atoms with Gasteiger partial charge >= 0.3 is 0 Å². The Morgan fingerprint density at radius 1 is 1.10 bits per heavy atom. The number of primary amides is 1. The number of carbonyl (C=O) groups excluding carboxylic acids is 5. The van der Waals surface area contributed by atoms with Gasteiger partial charge in [-0.1, -0.05) is 78.8 Å². The number of carbonyl (C=O) groups is 5. The molecule has 1 aliphatic carbocycles. The molecule has 3 fully saturated rings. The van der Waals surface area contributed by atoms with Crippen molar-refractivity contribution in [1.82, 2.24) is 30.5 Å². The van der Waals surface area contributed by atoms with Crippen LogP contribution in [-0.4, -0.2) is 94.6 Å². The minimum Gasteiger partial charge on any atom is -0.616 e. The molecule has 2 aliphatic heterocycles. The minimum atomic E-state index is -1.77. The number of nitrogens with one attached hydrogen (secondary N) is 2. The zero-order chi connectivity index (χ0) is 36.5. The Balaban J connectivity index is 1.33. The van der Waals surface area contributed by atoms with Gasteiger partial charge in [0.25, 0.3) is 11.8 Å². The Labute approximate surface area is 299 Å². The van der Waals surface area contributed by atoms with E-state index in [4.69, 9.17) is 5.73 Å². The fourth-order valence-electron chi connectivity index (χ4n) is 7.78. The van der Waals surface area contributed by atoms with E-state index in [1.54, 1.807) is 26.0 Å². The summed E-state index contributed by atoms with van der Waals surface area (Å²) in [7, 11) is 0. The first-order valence-electron chi connectivity index (χ1n) is 17.5. The van der Waals surface area contributed by atoms with Gasteiger partial charge in [0.15, 0.2) is 5.54 Å². The summed E-state index contributed by atoms with van der Waals surface area (Å²) in [5.74, 6) is -3.94. The quantitative estimate of drug-likeness (QED) is 0.167. The van der Waals surface area contributed by atoms with Crippen LogP contribution in [0.25, 0.3) is 10.8 Å². The molecule has 2 saturated heterocycles. The molecule has 2 aromatic carbocycles. The molecule has 0 radical (unpaired) electrons. The van der Waals surface area contributed by atoms with Crippen molar-refractivity contribution < 1.29 is 33.6 Å². The second-order valence-corrected chi connectivity index (χ2v) is 16.2. The normalized spacial score (nSPS) is 24.7. The number of aromatic nitrogens is 3. The maximum absolute atomic E-state index is 14.8. The molecule has 1 saturated carbocycles. The predicted octanol–water partition coefficient (Wildman–Crippen LogP) is 1.63. The predicted molar refractivity (Wildman–Crippen MR) is 188 cm³/mol. The fraction of sp³-hybridized carbons (Fsp3) is 0.528. The molecular formula is C36H45N7O7S. The lowest BCUT2D eigenvalue weighted by Crippen LogP contribution is -2.63. The zero-order valence-electron chi connectivity index (χ0n) is 28.9. The maximum atomic E-state index is 14.8. The van der Waals surface area contributed by atoms with Crippen LogP contribution in [0.5, 0.6) is 0 Å². The van der Waals surface area contributed by atoms with Crippen LogP contribution >= 0.6 is 0 Å². The van der Waals surface area contributed by atoms with Crippen molar-refractivity contribution in [3.63, 3.8) is 0 Å². The molecule has 0 spiro atoms. The summed E-state index contributed by atoms with van der Waals surface area (Å²) in [6.45, 7) is 3.14. The van der Waals surface area contributed by atoms with Gasteiger partial charge in [0.2, 0.25) is 17.6 Å². The lowest BCUT2D eigenvalue weighted by atomic mass is 9.84. The van der Waals surface area contributed by atoms with Crippen LogP contribution in [0.1, 0.15) is 87.3 Å². The van der Waals surface area contributed by atoms with Gasteiger partial charge in [-0.25, -0.2) is 4.68 Å². The monoisotopic (exact) mass is 719 g/mol. The average Bonchev–Trinajstić information content (AvgIpc) is 3.86. The summed E-state index contributed by atoms with van der Waals surface area (Å²) in [5, 5.41) is 26.6. The first-order valence-corrected chi connectivity index (χ1v) is 19.0. The summed E-state index contributed by atoms with van der Waals surface area (Å²) in [6, 6.07) is 10.2. The van der Waals surface area contributed by atoms with Gasteiger partial charge < -0.3 is 30.9 Å². The molecule has 3 aromatic rings. The largest absolute Gasteiger partial charge is 0.616 e. The molecule has 2 unspecified atom stereocenters. The number of nitrogens with zero attached hydrogens (tertiary/aromatic N) is 4. The first kappa shape index (κ1) is 36.5. The molecule has 1 aromatic heterocycles. The minimum absolute atomic E-state index is 0.0148. The molecule has 14 nitrogen and oxygen atoms in total. The number of Topliss-reactive ketones (excluding diaryl/α,β-unsaturated/α-hetero) is 1. The molecule has 272 valence electrons. The highest BCUT2D eigenvalue weighted by atomic mass is 32.2. The second kappa shape index (κ2) is 14.7. The first-order chi connectivity index (χ1) is 24.3. The topological polar surface area (TPSA) is 213 Å². The number of likely N-dealkylation sites (tertiary alicyclic amines) is 1. The van der Waals surface area contributed by atoms with E-state index in [0.717, 1.165) is 42.9 Å². The standard InChI is InChI=1S/C36H45N7O7S/c1-35(2,49)29-19-38-41-43(29)26-18-28(33(47)40-36(30(44)31(37)45)14-15-51(50)21-36)42(20-26)34(48)27(16-22-8-4-3-5-9-22)39-32(46)25-13-12-23-10-6-7-11-24(23)17-25/h6-7,10-13,17,19,22,26-28,49H,3-5,8-9,14-16,18,20-21H2,1-2H3,(H2,37,45)(H,39,46)(H,40,47)/t26-,27+,28-,36?,51?/m0/s1. The van der Waals surface area contributed by atoms with Crippen LogP contribution < -0.4 is 16.4 Å². The van der Waals surface area contributed by atoms with Gasteiger partial charge in [-0.2, -0.15) is 0 Å². The van der Waals surface area contributed by atoms with E-state index in [1.807, 2.05) is 30.3 Å². The summed E-state index contributed by atoms with van der Waals surface area (Å²) in [4.78, 5) is 69.3. The summed E-state index contributed by atoms with van der Waals surface area (Å²) in [6.07, 6.45) is 6.73. The van der Waals surface area contributed by atoms with Crippen molar-refractivity contribution in [3.05, 3.63) is 59.9 Å². The molecule has 51 heavy (non-hydrogen) atoms. The number of nitrogens with two attached hydrogens (primary N) is 1. The van der Waals surface area contributed by atoms with Crippen LogP contribution in [0.4, 0.5) is 0 Å². The number of hydrogen-bond donors (Lipinski definition) is 4. The number of fused-ring (bicyclic) bond motifs is 1. The lowest BCUT2D eigenvalue weighted by molar-refractivity contribution is -0.144. The third-order valence-corrected chi connectivity index (χ3v) is 12.0. The van der Waals surface area contributed by atoms with Crippen molar-refractivity contribution >= 4 is 51.4 Å². The number of ketones is 1. The van der Waals surface area contributed by atoms with Gasteiger partial charge in [0.05, 0.1) is 17.9 Å². The van der Waals surface area contributed by atoms with Crippen LogP contribution in [0.15, 0.2) is 48.7 Å². The molecule has 0 bridgehead atoms. The average molecular weight is 720 g/mol. The lowest BCUT2D eigenvalue weighted by Gasteiger charge is -2.33. The third kappa shape index (κ3) is 7.80. The second-order valence-electron chi connectivity index (χ2n) is 14.6. The van der Waals surface area contributed by atoms with Gasteiger partial charge in [-0.3, -0.25) is 24.0 Å². The molecule has 4 amide bonds. The number of hydrogen-bond acceptors (Lipinski definition) is 9. The molecule has 3 heterocycles. The highest BCUT2D eigenvalue weighted by molar-refractivity contribution is 7.91. The van der Waals surface area contributed by atoms with Gasteiger partial charge in [-0.15, -0.1) is 5.10 Å². The van der Waals surface area contributed by atoms with Crippen LogP contribution in [0, 0.1) is 5.92 Å². The highest BCUT2D eigenvalue weighted by Gasteiger charge is 2.54. The van der Waals surface area contributed by atoms with Crippen LogP contribution in [0.3, 0.4) is 0 Å². The van der Waals surface area contributed by atoms with Crippen molar-refractivity contribution in [2.45, 2.75) is 94.5 Å². The van der Waals surface area contributed by atoms with Crippen molar-refractivity contribution in [3.8, 4) is 0 Å². The van der Waals surface area contributed by atoms with Gasteiger partial charge in [0, 0.05) is 24.9 Å². The molecule has 15 heteroatoms. The Hall–Kier alpha value is -4.34. The maximum Gasteiger partial charge on any atom is 0.287 e. The molecular weight excluding hydrogens is 675 g/mol. The fourth-order valence-corrected chi connectivity index (χ4v) is 9.40. The van der Waals surface area contributed by atoms with E-state index in [-0.39, 0.29) is 36.8 Å². The van der Waals surface area contributed by atoms with E-state index in [1.165, 1.54) is 15.8 Å². The van der Waals surface area contributed by atoms with Crippen molar-refractivity contribution in [2.24, 2.45) is 11.7 Å². The Morgan fingerprint density at radius 3 is 2.49 bits per heavy atom. The van der Waals surface area contributed by atoms with E-state index in [9.17, 15) is 33.6 Å². The van der Waals surface area contributed by atoms with Crippen molar-refractivity contribution in [1.29, 1.82) is 0 Å². The summed E-state index contributed by atoms with van der Waals surface area (Å²) < 4.78 is 14.0. The molecule has 3 aliphatic rings. The Kier molecular flexibility index (Phi) is 10.5. The number of amides is 4. The van der Waals surface area contributed by atoms with E-state index < -0.39 is 69.9 Å². The van der Waals surface area contributed by atoms with Crippen molar-refractivity contribution in [2.75, 3.05) is 18.1 Å². The van der Waals surface area contributed by atoms with E-state index in [2.05, 4.69) is 20.9 Å². The Morgan fingerprint density at radius 2 is 1.82 bits per heavy atom.